The average molecular weight is 192 g/mol. The molecule has 76 valence electrons. The lowest BCUT2D eigenvalue weighted by molar-refractivity contribution is 0.280. The van der Waals surface area contributed by atoms with E-state index in [1.54, 1.807) is 0 Å². The third kappa shape index (κ3) is 1.82. The Morgan fingerprint density at radius 3 is 3.07 bits per heavy atom. The third-order valence-electron chi connectivity index (χ3n) is 2.55. The van der Waals surface area contributed by atoms with E-state index in [-0.39, 0.29) is 6.61 Å². The smallest absolute Gasteiger partial charge is 0.0579 e. The number of hydrogen-bond acceptors (Lipinski definition) is 3. The summed E-state index contributed by atoms with van der Waals surface area (Å²) in [6.45, 7) is 3.21. The molecule has 0 spiro atoms. The summed E-state index contributed by atoms with van der Waals surface area (Å²) in [7, 11) is 0. The Morgan fingerprint density at radius 2 is 2.29 bits per heavy atom. The fourth-order valence-corrected chi connectivity index (χ4v) is 1.76. The summed E-state index contributed by atoms with van der Waals surface area (Å²) in [4.78, 5) is 0. The van der Waals surface area contributed by atoms with Crippen molar-refractivity contribution in [3.8, 4) is 0 Å². The molecule has 1 aromatic rings. The predicted molar refractivity (Wildman–Crippen MR) is 58.8 cm³/mol. The van der Waals surface area contributed by atoms with Gasteiger partial charge >= 0.3 is 0 Å². The van der Waals surface area contributed by atoms with E-state index in [9.17, 15) is 0 Å². The lowest BCUT2D eigenvalue weighted by Gasteiger charge is -2.28. The molecule has 0 amide bonds. The van der Waals surface area contributed by atoms with Crippen molar-refractivity contribution in [1.29, 1.82) is 0 Å². The molecule has 0 saturated heterocycles. The van der Waals surface area contributed by atoms with Crippen LogP contribution in [-0.4, -0.2) is 24.3 Å². The van der Waals surface area contributed by atoms with E-state index in [2.05, 4.69) is 35.8 Å². The molecule has 0 bridgehead atoms. The van der Waals surface area contributed by atoms with E-state index < -0.39 is 0 Å². The van der Waals surface area contributed by atoms with Crippen molar-refractivity contribution in [3.05, 3.63) is 23.8 Å². The Morgan fingerprint density at radius 1 is 1.43 bits per heavy atom. The summed E-state index contributed by atoms with van der Waals surface area (Å²) in [5, 5.41) is 15.6. The second kappa shape index (κ2) is 3.88. The number of benzene rings is 1. The van der Waals surface area contributed by atoms with E-state index in [1.807, 2.05) is 0 Å². The normalized spacial score (nSPS) is 19.4. The number of hydrogen-bond donors (Lipinski definition) is 3. The van der Waals surface area contributed by atoms with Crippen LogP contribution in [0.3, 0.4) is 0 Å². The SMILES string of the molecule is Cc1ccc2c(c1)NCC(CCO)N2. The highest BCUT2D eigenvalue weighted by atomic mass is 16.3. The first-order chi connectivity index (χ1) is 6.79. The molecule has 0 aromatic heterocycles. The molecular formula is C11H16N2O. The highest BCUT2D eigenvalue weighted by Gasteiger charge is 2.15. The minimum Gasteiger partial charge on any atom is -0.396 e. The van der Waals surface area contributed by atoms with E-state index in [4.69, 9.17) is 5.11 Å². The van der Waals surface area contributed by atoms with Crippen molar-refractivity contribution in [2.45, 2.75) is 19.4 Å². The monoisotopic (exact) mass is 192 g/mol. The van der Waals surface area contributed by atoms with Crippen molar-refractivity contribution in [2.24, 2.45) is 0 Å². The van der Waals surface area contributed by atoms with Gasteiger partial charge in [0, 0.05) is 19.2 Å². The van der Waals surface area contributed by atoms with Crippen molar-refractivity contribution < 1.29 is 5.11 Å². The summed E-state index contributed by atoms with van der Waals surface area (Å²) in [5.41, 5.74) is 3.57. The number of aliphatic hydroxyl groups excluding tert-OH is 1. The summed E-state index contributed by atoms with van der Waals surface area (Å²) < 4.78 is 0. The second-order valence-corrected chi connectivity index (χ2v) is 3.78. The first kappa shape index (κ1) is 9.34. The molecule has 1 unspecified atom stereocenters. The lowest BCUT2D eigenvalue weighted by atomic mass is 10.1. The molecule has 3 N–H and O–H groups in total. The zero-order chi connectivity index (χ0) is 9.97. The molecule has 1 aliphatic heterocycles. The molecule has 1 heterocycles. The first-order valence-electron chi connectivity index (χ1n) is 5.01. The molecular weight excluding hydrogens is 176 g/mol. The zero-order valence-corrected chi connectivity index (χ0v) is 8.38. The molecule has 0 fully saturated rings. The van der Waals surface area contributed by atoms with E-state index in [0.29, 0.717) is 6.04 Å². The molecule has 0 radical (unpaired) electrons. The number of aryl methyl sites for hydroxylation is 1. The summed E-state index contributed by atoms with van der Waals surface area (Å²) in [5.74, 6) is 0. The first-order valence-corrected chi connectivity index (χ1v) is 5.01. The van der Waals surface area contributed by atoms with Crippen LogP contribution in [0.4, 0.5) is 11.4 Å². The average Bonchev–Trinajstić information content (AvgIpc) is 2.19. The zero-order valence-electron chi connectivity index (χ0n) is 8.38. The van der Waals surface area contributed by atoms with Crippen molar-refractivity contribution >= 4 is 11.4 Å². The van der Waals surface area contributed by atoms with E-state index in [1.165, 1.54) is 11.3 Å². The maximum absolute atomic E-state index is 8.84. The van der Waals surface area contributed by atoms with Crippen LogP contribution >= 0.6 is 0 Å². The molecule has 0 saturated carbocycles. The van der Waals surface area contributed by atoms with Crippen molar-refractivity contribution in [3.63, 3.8) is 0 Å². The van der Waals surface area contributed by atoms with Crippen LogP contribution in [0.15, 0.2) is 18.2 Å². The quantitative estimate of drug-likeness (QED) is 0.666. The molecule has 1 aliphatic rings. The Labute approximate surface area is 84.1 Å². The molecule has 3 heteroatoms. The van der Waals surface area contributed by atoms with Crippen LogP contribution < -0.4 is 10.6 Å². The van der Waals surface area contributed by atoms with Crippen LogP contribution in [0, 0.1) is 6.92 Å². The fourth-order valence-electron chi connectivity index (χ4n) is 1.76. The highest BCUT2D eigenvalue weighted by Crippen LogP contribution is 2.27. The van der Waals surface area contributed by atoms with Crippen LogP contribution in [0.5, 0.6) is 0 Å². The Kier molecular flexibility index (Phi) is 2.59. The molecule has 14 heavy (non-hydrogen) atoms. The largest absolute Gasteiger partial charge is 0.396 e. The van der Waals surface area contributed by atoms with Gasteiger partial charge in [0.25, 0.3) is 0 Å². The minimum absolute atomic E-state index is 0.237. The van der Waals surface area contributed by atoms with Gasteiger partial charge in [0.15, 0.2) is 0 Å². The van der Waals surface area contributed by atoms with Crippen LogP contribution in [-0.2, 0) is 0 Å². The Balaban J connectivity index is 2.15. The van der Waals surface area contributed by atoms with Gasteiger partial charge in [0.05, 0.1) is 11.4 Å². The number of nitrogens with one attached hydrogen (secondary N) is 2. The van der Waals surface area contributed by atoms with E-state index in [0.717, 1.165) is 18.7 Å². The van der Waals surface area contributed by atoms with Gasteiger partial charge in [-0.25, -0.2) is 0 Å². The van der Waals surface area contributed by atoms with Gasteiger partial charge in [-0.3, -0.25) is 0 Å². The second-order valence-electron chi connectivity index (χ2n) is 3.78. The van der Waals surface area contributed by atoms with Crippen LogP contribution in [0.2, 0.25) is 0 Å². The number of rotatable bonds is 2. The summed E-state index contributed by atoms with van der Waals surface area (Å²) >= 11 is 0. The fraction of sp³-hybridized carbons (Fsp3) is 0.455. The number of anilines is 2. The van der Waals surface area contributed by atoms with Gasteiger partial charge in [-0.05, 0) is 31.0 Å². The Hall–Kier alpha value is -1.22. The van der Waals surface area contributed by atoms with Crippen LogP contribution in [0.25, 0.3) is 0 Å². The summed E-state index contributed by atoms with van der Waals surface area (Å²) in [6.07, 6.45) is 0.792. The topological polar surface area (TPSA) is 44.3 Å². The Bertz CT molecular complexity index is 325. The number of aliphatic hydroxyl groups is 1. The standard InChI is InChI=1S/C11H16N2O/c1-8-2-3-10-11(6-8)12-7-9(13-10)4-5-14/h2-3,6,9,12-14H,4-5,7H2,1H3. The highest BCUT2D eigenvalue weighted by molar-refractivity contribution is 5.72. The molecule has 2 rings (SSSR count). The van der Waals surface area contributed by atoms with Crippen molar-refractivity contribution in [1.82, 2.24) is 0 Å². The van der Waals surface area contributed by atoms with Gasteiger partial charge in [0.1, 0.15) is 0 Å². The predicted octanol–water partition coefficient (Wildman–Crippen LogP) is 1.58. The number of fused-ring (bicyclic) bond motifs is 1. The van der Waals surface area contributed by atoms with Gasteiger partial charge in [-0.2, -0.15) is 0 Å². The molecule has 1 atom stereocenters. The third-order valence-corrected chi connectivity index (χ3v) is 2.55. The summed E-state index contributed by atoms with van der Waals surface area (Å²) in [6, 6.07) is 6.66. The van der Waals surface area contributed by atoms with Gasteiger partial charge in [-0.1, -0.05) is 6.07 Å². The molecule has 0 aliphatic carbocycles. The van der Waals surface area contributed by atoms with E-state index >= 15 is 0 Å². The molecule has 3 nitrogen and oxygen atoms in total. The minimum atomic E-state index is 0.237. The molecule has 1 aromatic carbocycles. The van der Waals surface area contributed by atoms with Gasteiger partial charge in [0.2, 0.25) is 0 Å². The van der Waals surface area contributed by atoms with Crippen molar-refractivity contribution in [2.75, 3.05) is 23.8 Å². The van der Waals surface area contributed by atoms with Gasteiger partial charge < -0.3 is 15.7 Å². The lowest BCUT2D eigenvalue weighted by Crippen LogP contribution is -2.33. The maximum Gasteiger partial charge on any atom is 0.0579 e. The van der Waals surface area contributed by atoms with Crippen LogP contribution in [0.1, 0.15) is 12.0 Å². The maximum atomic E-state index is 8.84. The van der Waals surface area contributed by atoms with Gasteiger partial charge in [-0.15, -0.1) is 0 Å².